The molecule has 138 valence electrons. The first kappa shape index (κ1) is 18.0. The molecule has 0 aliphatic carbocycles. The molecule has 2 heterocycles. The maximum Gasteiger partial charge on any atom is 0.322 e. The highest BCUT2D eigenvalue weighted by Crippen LogP contribution is 2.23. The Balaban J connectivity index is 1.41. The summed E-state index contributed by atoms with van der Waals surface area (Å²) >= 11 is 0. The van der Waals surface area contributed by atoms with Crippen LogP contribution in [0.25, 0.3) is 0 Å². The van der Waals surface area contributed by atoms with Crippen molar-refractivity contribution in [2.45, 2.75) is 0 Å². The van der Waals surface area contributed by atoms with Gasteiger partial charge in [0.15, 0.2) is 0 Å². The zero-order valence-electron chi connectivity index (χ0n) is 14.9. The number of nitrogens with zero attached hydrogens (tertiary/aromatic N) is 3. The minimum atomic E-state index is -0.0580. The molecule has 3 rings (SSSR count). The van der Waals surface area contributed by atoms with E-state index in [0.29, 0.717) is 11.4 Å². The second-order valence-electron chi connectivity index (χ2n) is 6.41. The lowest BCUT2D eigenvalue weighted by atomic mass is 10.3. The largest absolute Gasteiger partial charge is 0.495 e. The monoisotopic (exact) mass is 348 g/mol. The molecular weight excluding hydrogens is 320 g/mol. The van der Waals surface area contributed by atoms with E-state index in [1.54, 1.807) is 7.11 Å². The number of anilines is 1. The van der Waals surface area contributed by atoms with Crippen molar-refractivity contribution < 1.29 is 14.3 Å². The lowest BCUT2D eigenvalue weighted by molar-refractivity contribution is 0.0311. The Morgan fingerprint density at radius 3 is 2.36 bits per heavy atom. The number of morpholine rings is 1. The number of hydrogen-bond donors (Lipinski definition) is 1. The van der Waals surface area contributed by atoms with Crippen molar-refractivity contribution in [2.75, 3.05) is 78.0 Å². The van der Waals surface area contributed by atoms with Crippen LogP contribution in [-0.2, 0) is 4.74 Å². The van der Waals surface area contributed by atoms with Crippen LogP contribution in [0.4, 0.5) is 10.5 Å². The third kappa shape index (κ3) is 5.07. The first-order valence-electron chi connectivity index (χ1n) is 8.97. The molecule has 0 spiro atoms. The van der Waals surface area contributed by atoms with Crippen molar-refractivity contribution >= 4 is 11.7 Å². The van der Waals surface area contributed by atoms with Gasteiger partial charge in [0.1, 0.15) is 5.75 Å². The number of carbonyl (C=O) groups is 1. The SMILES string of the molecule is COc1ccccc1NC(=O)N1CCN(CCN2CCOCC2)CC1. The molecule has 25 heavy (non-hydrogen) atoms. The predicted octanol–water partition coefficient (Wildman–Crippen LogP) is 1.18. The number of methoxy groups -OCH3 is 1. The number of nitrogens with one attached hydrogen (secondary N) is 1. The van der Waals surface area contributed by atoms with Crippen molar-refractivity contribution in [3.05, 3.63) is 24.3 Å². The van der Waals surface area contributed by atoms with Crippen molar-refractivity contribution in [1.29, 1.82) is 0 Å². The van der Waals surface area contributed by atoms with E-state index in [4.69, 9.17) is 9.47 Å². The van der Waals surface area contributed by atoms with Gasteiger partial charge in [-0.1, -0.05) is 12.1 Å². The molecule has 1 aromatic rings. The standard InChI is InChI=1S/C18H28N4O3/c1-24-17-5-3-2-4-16(17)19-18(23)22-10-8-20(9-11-22)6-7-21-12-14-25-15-13-21/h2-5H,6-15H2,1H3,(H,19,23). The highest BCUT2D eigenvalue weighted by Gasteiger charge is 2.22. The number of urea groups is 1. The summed E-state index contributed by atoms with van der Waals surface area (Å²) in [6.45, 7) is 9.23. The van der Waals surface area contributed by atoms with Gasteiger partial charge in [-0.3, -0.25) is 9.80 Å². The first-order chi connectivity index (χ1) is 12.3. The predicted molar refractivity (Wildman–Crippen MR) is 97.3 cm³/mol. The quantitative estimate of drug-likeness (QED) is 0.866. The van der Waals surface area contributed by atoms with Crippen molar-refractivity contribution in [3.63, 3.8) is 0 Å². The Morgan fingerprint density at radius 2 is 1.68 bits per heavy atom. The molecule has 2 aliphatic heterocycles. The van der Waals surface area contributed by atoms with Crippen LogP contribution in [0.2, 0.25) is 0 Å². The molecule has 0 saturated carbocycles. The molecule has 2 fully saturated rings. The van der Waals surface area contributed by atoms with E-state index >= 15 is 0 Å². The van der Waals surface area contributed by atoms with Gasteiger partial charge in [-0.25, -0.2) is 4.79 Å². The van der Waals surface area contributed by atoms with Gasteiger partial charge in [-0.2, -0.15) is 0 Å². The summed E-state index contributed by atoms with van der Waals surface area (Å²) < 4.78 is 10.7. The number of benzene rings is 1. The minimum absolute atomic E-state index is 0.0580. The Bertz CT molecular complexity index is 555. The number of para-hydroxylation sites is 2. The third-order valence-electron chi connectivity index (χ3n) is 4.84. The minimum Gasteiger partial charge on any atom is -0.495 e. The Hall–Kier alpha value is -1.83. The summed E-state index contributed by atoms with van der Waals surface area (Å²) in [6, 6.07) is 7.43. The first-order valence-corrected chi connectivity index (χ1v) is 8.97. The van der Waals surface area contributed by atoms with Gasteiger partial charge >= 0.3 is 6.03 Å². The van der Waals surface area contributed by atoms with Crippen LogP contribution in [0, 0.1) is 0 Å². The Labute approximate surface area is 149 Å². The van der Waals surface area contributed by atoms with Gasteiger partial charge in [0, 0.05) is 52.4 Å². The maximum absolute atomic E-state index is 12.5. The normalized spacial score (nSPS) is 19.6. The van der Waals surface area contributed by atoms with Gasteiger partial charge in [0.05, 0.1) is 26.0 Å². The topological polar surface area (TPSA) is 57.3 Å². The van der Waals surface area contributed by atoms with Crippen LogP contribution in [0.5, 0.6) is 5.75 Å². The van der Waals surface area contributed by atoms with Crippen molar-refractivity contribution in [2.24, 2.45) is 0 Å². The molecule has 0 atom stereocenters. The van der Waals surface area contributed by atoms with E-state index in [1.165, 1.54) is 0 Å². The summed E-state index contributed by atoms with van der Waals surface area (Å²) in [4.78, 5) is 19.2. The smallest absolute Gasteiger partial charge is 0.322 e. The zero-order valence-corrected chi connectivity index (χ0v) is 14.9. The molecule has 0 aromatic heterocycles. The molecule has 0 radical (unpaired) electrons. The van der Waals surface area contributed by atoms with Gasteiger partial charge in [0.25, 0.3) is 0 Å². The summed E-state index contributed by atoms with van der Waals surface area (Å²) in [5.41, 5.74) is 0.713. The lowest BCUT2D eigenvalue weighted by Crippen LogP contribution is -2.51. The fourth-order valence-corrected chi connectivity index (χ4v) is 3.22. The molecule has 0 bridgehead atoms. The molecule has 2 amide bonds. The van der Waals surface area contributed by atoms with E-state index in [0.717, 1.165) is 65.6 Å². The highest BCUT2D eigenvalue weighted by atomic mass is 16.5. The second kappa shape index (κ2) is 9.03. The van der Waals surface area contributed by atoms with Gasteiger partial charge in [-0.15, -0.1) is 0 Å². The molecule has 2 aliphatic rings. The van der Waals surface area contributed by atoms with E-state index in [-0.39, 0.29) is 6.03 Å². The van der Waals surface area contributed by atoms with E-state index in [2.05, 4.69) is 15.1 Å². The lowest BCUT2D eigenvalue weighted by Gasteiger charge is -2.36. The average molecular weight is 348 g/mol. The summed E-state index contributed by atoms with van der Waals surface area (Å²) in [6.07, 6.45) is 0. The molecule has 7 heteroatoms. The molecule has 1 N–H and O–H groups in total. The van der Waals surface area contributed by atoms with Crippen molar-refractivity contribution in [3.8, 4) is 5.75 Å². The van der Waals surface area contributed by atoms with Crippen LogP contribution >= 0.6 is 0 Å². The number of piperazine rings is 1. The third-order valence-corrected chi connectivity index (χ3v) is 4.84. The van der Waals surface area contributed by atoms with Crippen LogP contribution in [0.3, 0.4) is 0 Å². The fourth-order valence-electron chi connectivity index (χ4n) is 3.22. The summed E-state index contributed by atoms with van der Waals surface area (Å²) in [7, 11) is 1.61. The van der Waals surface area contributed by atoms with E-state index in [9.17, 15) is 4.79 Å². The maximum atomic E-state index is 12.5. The van der Waals surface area contributed by atoms with Gasteiger partial charge in [-0.05, 0) is 12.1 Å². The summed E-state index contributed by atoms with van der Waals surface area (Å²) in [5.74, 6) is 0.681. The number of carbonyl (C=O) groups excluding carboxylic acids is 1. The van der Waals surface area contributed by atoms with Crippen LogP contribution in [-0.4, -0.2) is 93.4 Å². The molecular formula is C18H28N4O3. The second-order valence-corrected chi connectivity index (χ2v) is 6.41. The highest BCUT2D eigenvalue weighted by molar-refractivity contribution is 5.91. The van der Waals surface area contributed by atoms with Crippen LogP contribution in [0.15, 0.2) is 24.3 Å². The fraction of sp³-hybridized carbons (Fsp3) is 0.611. The van der Waals surface area contributed by atoms with Crippen LogP contribution in [0.1, 0.15) is 0 Å². The molecule has 2 saturated heterocycles. The van der Waals surface area contributed by atoms with E-state index < -0.39 is 0 Å². The molecule has 7 nitrogen and oxygen atoms in total. The summed E-state index contributed by atoms with van der Waals surface area (Å²) in [5, 5.41) is 2.95. The number of rotatable bonds is 5. The van der Waals surface area contributed by atoms with Gasteiger partial charge < -0.3 is 19.7 Å². The van der Waals surface area contributed by atoms with E-state index in [1.807, 2.05) is 29.2 Å². The number of amides is 2. The van der Waals surface area contributed by atoms with Crippen molar-refractivity contribution in [1.82, 2.24) is 14.7 Å². The molecule has 1 aromatic carbocycles. The number of ether oxygens (including phenoxy) is 2. The molecule has 0 unspecified atom stereocenters. The number of hydrogen-bond acceptors (Lipinski definition) is 5. The van der Waals surface area contributed by atoms with Gasteiger partial charge in [0.2, 0.25) is 0 Å². The Morgan fingerprint density at radius 1 is 1.04 bits per heavy atom. The Kier molecular flexibility index (Phi) is 6.49. The zero-order chi connectivity index (χ0) is 17.5. The van der Waals surface area contributed by atoms with Crippen LogP contribution < -0.4 is 10.1 Å². The average Bonchev–Trinajstić information content (AvgIpc) is 2.68.